The summed E-state index contributed by atoms with van der Waals surface area (Å²) in [5.41, 5.74) is 4.28. The molecule has 0 aliphatic heterocycles. The molecule has 194 valence electrons. The zero-order valence-electron chi connectivity index (χ0n) is 22.2. The average molecular weight is 497 g/mol. The molecule has 0 aliphatic rings. The number of aryl methyl sites for hydroxylation is 4. The SMILES string of the molecule is COc1cc(CCc2cc(CCc3cc(OC)cc(OC)c3)c(OC)c(OC)c2OC)cc(OC)c1. The fourth-order valence-corrected chi connectivity index (χ4v) is 4.32. The van der Waals surface area contributed by atoms with Crippen molar-refractivity contribution in [2.45, 2.75) is 25.7 Å². The van der Waals surface area contributed by atoms with Crippen molar-refractivity contribution in [1.29, 1.82) is 0 Å². The van der Waals surface area contributed by atoms with Crippen LogP contribution in [0.3, 0.4) is 0 Å². The van der Waals surface area contributed by atoms with Crippen molar-refractivity contribution < 1.29 is 33.2 Å². The van der Waals surface area contributed by atoms with E-state index in [4.69, 9.17) is 33.2 Å². The van der Waals surface area contributed by atoms with Crippen molar-refractivity contribution in [3.63, 3.8) is 0 Å². The van der Waals surface area contributed by atoms with Gasteiger partial charge in [-0.1, -0.05) is 0 Å². The fourth-order valence-electron chi connectivity index (χ4n) is 4.32. The van der Waals surface area contributed by atoms with Crippen molar-refractivity contribution in [2.24, 2.45) is 0 Å². The highest BCUT2D eigenvalue weighted by Crippen LogP contribution is 2.44. The molecule has 0 aromatic heterocycles. The normalized spacial score (nSPS) is 10.5. The van der Waals surface area contributed by atoms with Crippen LogP contribution in [-0.4, -0.2) is 49.8 Å². The molecule has 0 heterocycles. The first-order chi connectivity index (χ1) is 17.5. The summed E-state index contributed by atoms with van der Waals surface area (Å²) in [6.07, 6.45) is 3.01. The molecule has 3 rings (SSSR count). The molecule has 0 fully saturated rings. The summed E-state index contributed by atoms with van der Waals surface area (Å²) < 4.78 is 39.0. The third-order valence-corrected chi connectivity index (χ3v) is 6.15. The first kappa shape index (κ1) is 26.9. The van der Waals surface area contributed by atoms with Crippen LogP contribution in [0.4, 0.5) is 0 Å². The van der Waals surface area contributed by atoms with Crippen LogP contribution in [0.5, 0.6) is 40.2 Å². The number of hydrogen-bond donors (Lipinski definition) is 0. The molecule has 7 nitrogen and oxygen atoms in total. The molecule has 0 N–H and O–H groups in total. The van der Waals surface area contributed by atoms with Crippen LogP contribution < -0.4 is 33.2 Å². The van der Waals surface area contributed by atoms with E-state index in [1.165, 1.54) is 0 Å². The van der Waals surface area contributed by atoms with E-state index in [0.717, 1.165) is 70.9 Å². The Morgan fingerprint density at radius 2 is 0.694 bits per heavy atom. The number of ether oxygens (including phenoxy) is 7. The molecule has 7 heteroatoms. The van der Waals surface area contributed by atoms with Crippen LogP contribution in [0.25, 0.3) is 0 Å². The maximum Gasteiger partial charge on any atom is 0.203 e. The van der Waals surface area contributed by atoms with E-state index in [2.05, 4.69) is 6.07 Å². The summed E-state index contributed by atoms with van der Waals surface area (Å²) in [6, 6.07) is 14.0. The molecule has 0 atom stereocenters. The van der Waals surface area contributed by atoms with Crippen molar-refractivity contribution in [2.75, 3.05) is 49.8 Å². The summed E-state index contributed by atoms with van der Waals surface area (Å²) in [4.78, 5) is 0. The Kier molecular flexibility index (Phi) is 9.56. The Bertz CT molecular complexity index is 1030. The molecule has 0 saturated heterocycles. The van der Waals surface area contributed by atoms with Crippen molar-refractivity contribution >= 4 is 0 Å². The fraction of sp³-hybridized carbons (Fsp3) is 0.379. The molecule has 36 heavy (non-hydrogen) atoms. The standard InChI is InChI=1S/C29H36O7/c1-30-23-12-19(13-24(17-23)31-2)8-10-21-16-22(28(35-6)29(36-7)27(21)34-5)11-9-20-14-25(32-3)18-26(15-20)33-4/h12-18H,8-11H2,1-7H3. The lowest BCUT2D eigenvalue weighted by Gasteiger charge is -2.20. The van der Waals surface area contributed by atoms with Gasteiger partial charge in [0.05, 0.1) is 49.8 Å². The minimum atomic E-state index is 0.596. The van der Waals surface area contributed by atoms with E-state index < -0.39 is 0 Å². The first-order valence-corrected chi connectivity index (χ1v) is 11.7. The van der Waals surface area contributed by atoms with Gasteiger partial charge < -0.3 is 33.2 Å². The maximum atomic E-state index is 5.78. The van der Waals surface area contributed by atoms with E-state index in [0.29, 0.717) is 17.2 Å². The average Bonchev–Trinajstić information content (AvgIpc) is 2.93. The topological polar surface area (TPSA) is 64.6 Å². The lowest BCUT2D eigenvalue weighted by molar-refractivity contribution is 0.320. The van der Waals surface area contributed by atoms with Crippen LogP contribution >= 0.6 is 0 Å². The molecule has 0 aliphatic carbocycles. The molecule has 3 aromatic carbocycles. The van der Waals surface area contributed by atoms with E-state index in [9.17, 15) is 0 Å². The van der Waals surface area contributed by atoms with Gasteiger partial charge in [0.2, 0.25) is 5.75 Å². The van der Waals surface area contributed by atoms with Gasteiger partial charge in [-0.15, -0.1) is 0 Å². The summed E-state index contributed by atoms with van der Waals surface area (Å²) in [6.45, 7) is 0. The molecule has 0 bridgehead atoms. The van der Waals surface area contributed by atoms with Crippen molar-refractivity contribution in [1.82, 2.24) is 0 Å². The third kappa shape index (κ3) is 6.27. The van der Waals surface area contributed by atoms with Crippen LogP contribution in [0.15, 0.2) is 42.5 Å². The number of methoxy groups -OCH3 is 7. The Morgan fingerprint density at radius 1 is 0.361 bits per heavy atom. The summed E-state index contributed by atoms with van der Waals surface area (Å²) in [5, 5.41) is 0. The highest BCUT2D eigenvalue weighted by atomic mass is 16.5. The van der Waals surface area contributed by atoms with E-state index >= 15 is 0 Å². The highest BCUT2D eigenvalue weighted by Gasteiger charge is 2.21. The van der Waals surface area contributed by atoms with E-state index in [1.807, 2.05) is 36.4 Å². The van der Waals surface area contributed by atoms with Gasteiger partial charge in [0.1, 0.15) is 23.0 Å². The summed E-state index contributed by atoms with van der Waals surface area (Å²) in [7, 11) is 11.5. The second-order valence-electron chi connectivity index (χ2n) is 8.24. The molecule has 3 aromatic rings. The van der Waals surface area contributed by atoms with Gasteiger partial charge in [-0.2, -0.15) is 0 Å². The second kappa shape index (κ2) is 12.8. The van der Waals surface area contributed by atoms with Crippen molar-refractivity contribution in [3.05, 3.63) is 64.7 Å². The monoisotopic (exact) mass is 496 g/mol. The zero-order valence-corrected chi connectivity index (χ0v) is 22.2. The van der Waals surface area contributed by atoms with Crippen LogP contribution in [0, 0.1) is 0 Å². The molecule has 0 radical (unpaired) electrons. The minimum absolute atomic E-state index is 0.596. The van der Waals surface area contributed by atoms with E-state index in [-0.39, 0.29) is 0 Å². The minimum Gasteiger partial charge on any atom is -0.497 e. The van der Waals surface area contributed by atoms with Crippen LogP contribution in [-0.2, 0) is 25.7 Å². The molecule has 0 spiro atoms. The molecular formula is C29H36O7. The van der Waals surface area contributed by atoms with Gasteiger partial charge in [-0.05, 0) is 78.3 Å². The van der Waals surface area contributed by atoms with Gasteiger partial charge in [0, 0.05) is 12.1 Å². The van der Waals surface area contributed by atoms with Gasteiger partial charge in [0.25, 0.3) is 0 Å². The Labute approximate surface area is 213 Å². The predicted octanol–water partition coefficient (Wildman–Crippen LogP) is 5.32. The molecule has 0 saturated carbocycles. The Morgan fingerprint density at radius 3 is 0.972 bits per heavy atom. The van der Waals surface area contributed by atoms with Crippen LogP contribution in [0.1, 0.15) is 22.3 Å². The largest absolute Gasteiger partial charge is 0.497 e. The number of hydrogen-bond acceptors (Lipinski definition) is 7. The molecular weight excluding hydrogens is 460 g/mol. The van der Waals surface area contributed by atoms with Crippen LogP contribution in [0.2, 0.25) is 0 Å². The zero-order chi connectivity index (χ0) is 26.1. The lowest BCUT2D eigenvalue weighted by Crippen LogP contribution is -2.05. The summed E-state index contributed by atoms with van der Waals surface area (Å²) >= 11 is 0. The predicted molar refractivity (Wildman–Crippen MR) is 140 cm³/mol. The molecule has 0 unspecified atom stereocenters. The quantitative estimate of drug-likeness (QED) is 0.317. The number of rotatable bonds is 13. The van der Waals surface area contributed by atoms with E-state index in [1.54, 1.807) is 49.8 Å². The second-order valence-corrected chi connectivity index (χ2v) is 8.24. The van der Waals surface area contributed by atoms with Crippen molar-refractivity contribution in [3.8, 4) is 40.2 Å². The first-order valence-electron chi connectivity index (χ1n) is 11.7. The number of benzene rings is 3. The smallest absolute Gasteiger partial charge is 0.203 e. The van der Waals surface area contributed by atoms with Gasteiger partial charge in [-0.3, -0.25) is 0 Å². The van der Waals surface area contributed by atoms with Gasteiger partial charge >= 0.3 is 0 Å². The Balaban J connectivity index is 1.93. The highest BCUT2D eigenvalue weighted by molar-refractivity contribution is 5.60. The Hall–Kier alpha value is -3.74. The van der Waals surface area contributed by atoms with Gasteiger partial charge in [-0.25, -0.2) is 0 Å². The lowest BCUT2D eigenvalue weighted by atomic mass is 9.96. The summed E-state index contributed by atoms with van der Waals surface area (Å²) in [5.74, 6) is 5.00. The van der Waals surface area contributed by atoms with Gasteiger partial charge in [0.15, 0.2) is 11.5 Å². The maximum absolute atomic E-state index is 5.78. The third-order valence-electron chi connectivity index (χ3n) is 6.15. The molecule has 0 amide bonds.